The van der Waals surface area contributed by atoms with Crippen molar-refractivity contribution in [1.82, 2.24) is 4.90 Å². The Kier molecular flexibility index (Phi) is 3.97. The van der Waals surface area contributed by atoms with Crippen LogP contribution >= 0.6 is 0 Å². The first kappa shape index (κ1) is 16.7. The second-order valence-electron chi connectivity index (χ2n) is 8.56. The number of hydrogen-bond donors (Lipinski definition) is 0. The summed E-state index contributed by atoms with van der Waals surface area (Å²) in [6.45, 7) is 8.51. The Morgan fingerprint density at radius 1 is 1.30 bits per heavy atom. The molecule has 0 bridgehead atoms. The summed E-state index contributed by atoms with van der Waals surface area (Å²) in [7, 11) is 1.97. The predicted molar refractivity (Wildman–Crippen MR) is 91.8 cm³/mol. The lowest BCUT2D eigenvalue weighted by Gasteiger charge is -2.59. The molecule has 3 aliphatic carbocycles. The Hall–Kier alpha value is -1.12. The van der Waals surface area contributed by atoms with Gasteiger partial charge >= 0.3 is 0 Å². The van der Waals surface area contributed by atoms with E-state index < -0.39 is 0 Å². The molecule has 3 nitrogen and oxygen atoms in total. The highest BCUT2D eigenvalue weighted by atomic mass is 16.2. The Morgan fingerprint density at radius 2 is 2.00 bits per heavy atom. The van der Waals surface area contributed by atoms with Crippen molar-refractivity contribution in [2.75, 3.05) is 7.05 Å². The molecule has 0 aromatic heterocycles. The summed E-state index contributed by atoms with van der Waals surface area (Å²) in [5.41, 5.74) is -0.000718. The minimum Gasteiger partial charge on any atom is -0.342 e. The Morgan fingerprint density at radius 3 is 2.61 bits per heavy atom. The van der Waals surface area contributed by atoms with E-state index in [0.29, 0.717) is 29.6 Å². The summed E-state index contributed by atoms with van der Waals surface area (Å²) in [5, 5.41) is 0. The summed E-state index contributed by atoms with van der Waals surface area (Å²) in [4.78, 5) is 26.3. The highest BCUT2D eigenvalue weighted by Gasteiger charge is 2.58. The van der Waals surface area contributed by atoms with Gasteiger partial charge in [-0.1, -0.05) is 26.8 Å². The molecule has 6 unspecified atom stereocenters. The van der Waals surface area contributed by atoms with E-state index in [2.05, 4.69) is 26.8 Å². The van der Waals surface area contributed by atoms with E-state index in [1.54, 1.807) is 6.92 Å². The summed E-state index contributed by atoms with van der Waals surface area (Å²) < 4.78 is 0. The fourth-order valence-electron chi connectivity index (χ4n) is 6.06. The maximum atomic E-state index is 12.4. The zero-order valence-corrected chi connectivity index (χ0v) is 15.3. The molecule has 0 aromatic rings. The van der Waals surface area contributed by atoms with Gasteiger partial charge in [-0.25, -0.2) is 0 Å². The molecule has 0 spiro atoms. The zero-order valence-electron chi connectivity index (χ0n) is 15.3. The highest BCUT2D eigenvalue weighted by Crippen LogP contribution is 2.61. The van der Waals surface area contributed by atoms with Crippen LogP contribution in [0.1, 0.15) is 59.8 Å². The van der Waals surface area contributed by atoms with E-state index in [1.807, 2.05) is 18.0 Å². The number of ketones is 1. The SMILES string of the molecule is CCC1(C)C2CCC3(C)C(=O)C=CC3C2CCC1N(C)C(C)=O. The van der Waals surface area contributed by atoms with Crippen molar-refractivity contribution in [1.29, 1.82) is 0 Å². The van der Waals surface area contributed by atoms with Crippen LogP contribution in [0.5, 0.6) is 0 Å². The van der Waals surface area contributed by atoms with Crippen LogP contribution < -0.4 is 0 Å². The molecule has 0 aliphatic heterocycles. The molecule has 23 heavy (non-hydrogen) atoms. The minimum atomic E-state index is -0.158. The third-order valence-corrected chi connectivity index (χ3v) is 7.81. The molecule has 128 valence electrons. The van der Waals surface area contributed by atoms with Crippen LogP contribution in [0, 0.1) is 28.6 Å². The van der Waals surface area contributed by atoms with Crippen molar-refractivity contribution < 1.29 is 9.59 Å². The van der Waals surface area contributed by atoms with Crippen molar-refractivity contribution in [3.63, 3.8) is 0 Å². The number of fused-ring (bicyclic) bond motifs is 3. The standard InChI is InChI=1S/C20H31NO2/c1-6-19(3)16-11-12-20(4)15(8-10-18(20)23)14(16)7-9-17(19)21(5)13(2)22/h8,10,14-17H,6-7,9,11-12H2,1-5H3. The molecule has 2 saturated carbocycles. The molecule has 0 heterocycles. The average Bonchev–Trinajstić information content (AvgIpc) is 2.82. The molecule has 0 N–H and O–H groups in total. The van der Waals surface area contributed by atoms with Crippen LogP contribution in [-0.2, 0) is 9.59 Å². The fourth-order valence-corrected chi connectivity index (χ4v) is 6.06. The molecular weight excluding hydrogens is 286 g/mol. The molecule has 0 saturated heterocycles. The van der Waals surface area contributed by atoms with E-state index in [-0.39, 0.29) is 16.7 Å². The number of carbonyl (C=O) groups is 2. The first-order valence-corrected chi connectivity index (χ1v) is 9.21. The summed E-state index contributed by atoms with van der Waals surface area (Å²) in [5.74, 6) is 2.12. The van der Waals surface area contributed by atoms with E-state index in [9.17, 15) is 9.59 Å². The van der Waals surface area contributed by atoms with Gasteiger partial charge in [0, 0.05) is 25.4 Å². The van der Waals surface area contributed by atoms with Gasteiger partial charge in [-0.15, -0.1) is 0 Å². The van der Waals surface area contributed by atoms with Crippen LogP contribution in [0.25, 0.3) is 0 Å². The van der Waals surface area contributed by atoms with Gasteiger partial charge in [0.15, 0.2) is 5.78 Å². The van der Waals surface area contributed by atoms with E-state index in [4.69, 9.17) is 0 Å². The molecule has 6 atom stereocenters. The van der Waals surface area contributed by atoms with Crippen LogP contribution in [0.15, 0.2) is 12.2 Å². The third kappa shape index (κ3) is 2.22. The summed E-state index contributed by atoms with van der Waals surface area (Å²) in [6, 6.07) is 0.330. The van der Waals surface area contributed by atoms with Gasteiger partial charge in [0.25, 0.3) is 0 Å². The number of allylic oxidation sites excluding steroid dienone is 2. The summed E-state index contributed by atoms with van der Waals surface area (Å²) >= 11 is 0. The number of hydrogen-bond acceptors (Lipinski definition) is 2. The van der Waals surface area contributed by atoms with Gasteiger partial charge in [-0.2, -0.15) is 0 Å². The normalized spacial score (nSPS) is 45.5. The quantitative estimate of drug-likeness (QED) is 0.776. The predicted octanol–water partition coefficient (Wildman–Crippen LogP) is 3.83. The van der Waals surface area contributed by atoms with E-state index in [0.717, 1.165) is 32.1 Å². The number of carbonyl (C=O) groups excluding carboxylic acids is 2. The molecule has 3 rings (SSSR count). The van der Waals surface area contributed by atoms with Gasteiger partial charge in [0.05, 0.1) is 0 Å². The maximum Gasteiger partial charge on any atom is 0.219 e. The first-order valence-electron chi connectivity index (χ1n) is 9.21. The highest BCUT2D eigenvalue weighted by molar-refractivity contribution is 5.97. The minimum absolute atomic E-state index is 0.157. The van der Waals surface area contributed by atoms with E-state index >= 15 is 0 Å². The van der Waals surface area contributed by atoms with E-state index in [1.165, 1.54) is 0 Å². The Labute approximate surface area is 140 Å². The van der Waals surface area contributed by atoms with Crippen LogP contribution in [0.2, 0.25) is 0 Å². The molecule has 3 aliphatic rings. The molecule has 3 heteroatoms. The molecule has 2 fully saturated rings. The second kappa shape index (κ2) is 5.46. The van der Waals surface area contributed by atoms with Crippen LogP contribution in [0.3, 0.4) is 0 Å². The first-order chi connectivity index (χ1) is 10.8. The third-order valence-electron chi connectivity index (χ3n) is 7.81. The Balaban J connectivity index is 1.93. The van der Waals surface area contributed by atoms with Gasteiger partial charge in [-0.3, -0.25) is 9.59 Å². The van der Waals surface area contributed by atoms with Crippen LogP contribution in [0.4, 0.5) is 0 Å². The largest absolute Gasteiger partial charge is 0.342 e. The molecule has 0 aromatic carbocycles. The van der Waals surface area contributed by atoms with Gasteiger partial charge in [-0.05, 0) is 61.3 Å². The van der Waals surface area contributed by atoms with Crippen molar-refractivity contribution in [3.8, 4) is 0 Å². The van der Waals surface area contributed by atoms with Crippen LogP contribution in [-0.4, -0.2) is 29.7 Å². The van der Waals surface area contributed by atoms with Crippen molar-refractivity contribution in [3.05, 3.63) is 12.2 Å². The van der Waals surface area contributed by atoms with Crippen molar-refractivity contribution in [2.45, 2.75) is 65.8 Å². The zero-order chi connectivity index (χ0) is 17.0. The average molecular weight is 317 g/mol. The fraction of sp³-hybridized carbons (Fsp3) is 0.800. The number of amides is 1. The number of rotatable bonds is 2. The molecule has 1 amide bonds. The number of nitrogens with zero attached hydrogens (tertiary/aromatic N) is 1. The van der Waals surface area contributed by atoms with Gasteiger partial charge in [0.1, 0.15) is 0 Å². The lowest BCUT2D eigenvalue weighted by atomic mass is 9.48. The van der Waals surface area contributed by atoms with Gasteiger partial charge in [0.2, 0.25) is 5.91 Å². The van der Waals surface area contributed by atoms with Crippen molar-refractivity contribution in [2.24, 2.45) is 28.6 Å². The van der Waals surface area contributed by atoms with Crippen molar-refractivity contribution >= 4 is 11.7 Å². The topological polar surface area (TPSA) is 37.4 Å². The Bertz CT molecular complexity index is 554. The molecule has 0 radical (unpaired) electrons. The monoisotopic (exact) mass is 317 g/mol. The van der Waals surface area contributed by atoms with Gasteiger partial charge < -0.3 is 4.90 Å². The second-order valence-corrected chi connectivity index (χ2v) is 8.56. The smallest absolute Gasteiger partial charge is 0.219 e. The summed E-state index contributed by atoms with van der Waals surface area (Å²) in [6.07, 6.45) is 9.46. The molecular formula is C20H31NO2. The maximum absolute atomic E-state index is 12.4. The lowest BCUT2D eigenvalue weighted by Crippen LogP contribution is -2.58. The lowest BCUT2D eigenvalue weighted by molar-refractivity contribution is -0.144.